The van der Waals surface area contributed by atoms with Gasteiger partial charge in [0, 0.05) is 0 Å². The van der Waals surface area contributed by atoms with Gasteiger partial charge in [0.05, 0.1) is 5.75 Å². The van der Waals surface area contributed by atoms with Crippen molar-refractivity contribution in [2.75, 3.05) is 0 Å². The van der Waals surface area contributed by atoms with Gasteiger partial charge in [0.1, 0.15) is 0 Å². The molecule has 1 aromatic rings. The van der Waals surface area contributed by atoms with Crippen LogP contribution in [0, 0.1) is 13.8 Å². The quantitative estimate of drug-likeness (QED) is 0.779. The topological polar surface area (TPSA) is 34.1 Å². The molecule has 0 aliphatic carbocycles. The molecule has 0 amide bonds. The van der Waals surface area contributed by atoms with E-state index in [1.807, 2.05) is 32.0 Å². The van der Waals surface area contributed by atoms with Gasteiger partial charge in [0.2, 0.25) is 0 Å². The first-order chi connectivity index (χ1) is 6.83. The smallest absolute Gasteiger partial charge is 0.177 e. The lowest BCUT2D eigenvalue weighted by Gasteiger charge is -2.08. The van der Waals surface area contributed by atoms with Crippen molar-refractivity contribution in [3.63, 3.8) is 0 Å². The first-order valence-corrected chi connectivity index (χ1v) is 7.93. The highest BCUT2D eigenvalue weighted by molar-refractivity contribution is 9.27. The summed E-state index contributed by atoms with van der Waals surface area (Å²) in [6, 6.07) is 5.83. The lowest BCUT2D eigenvalue weighted by Crippen LogP contribution is -2.11. The molecule has 0 saturated carbocycles. The number of benzene rings is 1. The zero-order chi connectivity index (χ0) is 11.6. The Morgan fingerprint density at radius 2 is 1.87 bits per heavy atom. The highest BCUT2D eigenvalue weighted by Crippen LogP contribution is 2.22. The predicted molar refractivity (Wildman–Crippen MR) is 70.2 cm³/mol. The fraction of sp³-hybridized carbons (Fsp3) is 0.400. The highest BCUT2D eigenvalue weighted by Gasteiger charge is 2.20. The summed E-state index contributed by atoms with van der Waals surface area (Å²) in [5, 5.41) is 0. The summed E-state index contributed by atoms with van der Waals surface area (Å²) in [5.41, 5.74) is 2.94. The zero-order valence-electron chi connectivity index (χ0n) is 8.50. The number of hydrogen-bond donors (Lipinski definition) is 0. The van der Waals surface area contributed by atoms with Crippen LogP contribution in [0.2, 0.25) is 0 Å². The summed E-state index contributed by atoms with van der Waals surface area (Å²) in [7, 11) is -3.16. The standard InChI is InChI=1S/C10H12Br2O2S/c1-7-3-4-8(2)9(5-7)6-15(13,14)10(11)12/h3-5,10H,6H2,1-2H3. The Labute approximate surface area is 107 Å². The molecule has 0 aromatic heterocycles. The second-order valence-electron chi connectivity index (χ2n) is 3.50. The maximum absolute atomic E-state index is 11.7. The van der Waals surface area contributed by atoms with Crippen molar-refractivity contribution < 1.29 is 8.42 Å². The zero-order valence-corrected chi connectivity index (χ0v) is 12.5. The molecular formula is C10H12Br2O2S. The second-order valence-corrected chi connectivity index (χ2v) is 9.86. The molecule has 0 aliphatic heterocycles. The van der Waals surface area contributed by atoms with E-state index in [1.165, 1.54) is 0 Å². The third-order valence-corrected chi connectivity index (χ3v) is 6.81. The molecule has 1 rings (SSSR count). The fourth-order valence-corrected chi connectivity index (χ4v) is 2.90. The first-order valence-electron chi connectivity index (χ1n) is 4.39. The Kier molecular flexibility index (Phi) is 4.38. The van der Waals surface area contributed by atoms with Gasteiger partial charge in [-0.25, -0.2) is 8.42 Å². The Balaban J connectivity index is 3.05. The molecule has 0 fully saturated rings. The molecule has 0 atom stereocenters. The summed E-state index contributed by atoms with van der Waals surface area (Å²) in [6.07, 6.45) is 0. The van der Waals surface area contributed by atoms with E-state index >= 15 is 0 Å². The summed E-state index contributed by atoms with van der Waals surface area (Å²) in [6.45, 7) is 3.87. The van der Waals surface area contributed by atoms with Crippen LogP contribution in [0.5, 0.6) is 0 Å². The third kappa shape index (κ3) is 3.57. The molecule has 0 radical (unpaired) electrons. The van der Waals surface area contributed by atoms with Gasteiger partial charge in [0.25, 0.3) is 0 Å². The average molecular weight is 356 g/mol. The summed E-state index contributed by atoms with van der Waals surface area (Å²) in [4.78, 5) is 0. The van der Waals surface area contributed by atoms with E-state index in [1.54, 1.807) is 0 Å². The molecule has 15 heavy (non-hydrogen) atoms. The Morgan fingerprint density at radius 1 is 1.27 bits per heavy atom. The molecule has 5 heteroatoms. The molecule has 84 valence electrons. The number of aryl methyl sites for hydroxylation is 2. The number of alkyl halides is 2. The van der Waals surface area contributed by atoms with Crippen LogP contribution in [-0.2, 0) is 15.6 Å². The minimum absolute atomic E-state index is 0.0572. The molecular weight excluding hydrogens is 344 g/mol. The molecule has 0 heterocycles. The van der Waals surface area contributed by atoms with E-state index in [4.69, 9.17) is 0 Å². The van der Waals surface area contributed by atoms with Gasteiger partial charge in [-0.05, 0) is 25.0 Å². The van der Waals surface area contributed by atoms with Crippen LogP contribution in [0.25, 0.3) is 0 Å². The van der Waals surface area contributed by atoms with Gasteiger partial charge < -0.3 is 0 Å². The number of sulfone groups is 1. The van der Waals surface area contributed by atoms with Gasteiger partial charge in [-0.15, -0.1) is 0 Å². The first kappa shape index (κ1) is 13.2. The Bertz CT molecular complexity index is 452. The van der Waals surface area contributed by atoms with Crippen LogP contribution in [0.1, 0.15) is 16.7 Å². The van der Waals surface area contributed by atoms with E-state index < -0.39 is 12.9 Å². The van der Waals surface area contributed by atoms with Crippen LogP contribution in [0.15, 0.2) is 18.2 Å². The van der Waals surface area contributed by atoms with E-state index in [-0.39, 0.29) is 5.75 Å². The molecule has 0 spiro atoms. The van der Waals surface area contributed by atoms with Gasteiger partial charge in [0.15, 0.2) is 12.9 Å². The fourth-order valence-electron chi connectivity index (χ4n) is 1.24. The third-order valence-electron chi connectivity index (χ3n) is 2.13. The van der Waals surface area contributed by atoms with Crippen molar-refractivity contribution in [1.29, 1.82) is 0 Å². The monoisotopic (exact) mass is 354 g/mol. The van der Waals surface area contributed by atoms with Crippen molar-refractivity contribution in [1.82, 2.24) is 0 Å². The number of rotatable bonds is 3. The van der Waals surface area contributed by atoms with Crippen molar-refractivity contribution in [3.05, 3.63) is 34.9 Å². The van der Waals surface area contributed by atoms with E-state index in [0.29, 0.717) is 0 Å². The maximum atomic E-state index is 11.7. The van der Waals surface area contributed by atoms with Crippen LogP contribution in [0.4, 0.5) is 0 Å². The largest absolute Gasteiger partial charge is 0.226 e. The van der Waals surface area contributed by atoms with Crippen molar-refractivity contribution in [3.8, 4) is 0 Å². The van der Waals surface area contributed by atoms with Crippen molar-refractivity contribution in [2.45, 2.75) is 22.7 Å². The van der Waals surface area contributed by atoms with Gasteiger partial charge >= 0.3 is 0 Å². The average Bonchev–Trinajstić information content (AvgIpc) is 2.10. The van der Waals surface area contributed by atoms with E-state index in [0.717, 1.165) is 16.7 Å². The normalized spacial score (nSPS) is 12.1. The highest BCUT2D eigenvalue weighted by atomic mass is 79.9. The van der Waals surface area contributed by atoms with Crippen LogP contribution >= 0.6 is 31.9 Å². The summed E-state index contributed by atoms with van der Waals surface area (Å²) >= 11 is 6.05. The van der Waals surface area contributed by atoms with Crippen LogP contribution < -0.4 is 0 Å². The Hall–Kier alpha value is 0.130. The number of hydrogen-bond acceptors (Lipinski definition) is 2. The minimum atomic E-state index is -3.16. The molecule has 0 saturated heterocycles. The second kappa shape index (κ2) is 4.97. The molecule has 0 unspecified atom stereocenters. The molecule has 1 aromatic carbocycles. The van der Waals surface area contributed by atoms with Crippen LogP contribution in [-0.4, -0.2) is 11.5 Å². The van der Waals surface area contributed by atoms with Crippen LogP contribution in [0.3, 0.4) is 0 Å². The SMILES string of the molecule is Cc1ccc(C)c(CS(=O)(=O)C(Br)Br)c1. The molecule has 0 N–H and O–H groups in total. The van der Waals surface area contributed by atoms with E-state index in [2.05, 4.69) is 31.9 Å². The van der Waals surface area contributed by atoms with Crippen molar-refractivity contribution >= 4 is 41.7 Å². The Morgan fingerprint density at radius 3 is 2.40 bits per heavy atom. The maximum Gasteiger partial charge on any atom is 0.177 e. The molecule has 0 aliphatic rings. The molecule has 2 nitrogen and oxygen atoms in total. The lowest BCUT2D eigenvalue weighted by atomic mass is 10.1. The lowest BCUT2D eigenvalue weighted by molar-refractivity contribution is 0.599. The minimum Gasteiger partial charge on any atom is -0.226 e. The number of halogens is 2. The van der Waals surface area contributed by atoms with E-state index in [9.17, 15) is 8.42 Å². The summed E-state index contributed by atoms with van der Waals surface area (Å²) in [5.74, 6) is 0.0572. The van der Waals surface area contributed by atoms with Gasteiger partial charge in [-0.1, -0.05) is 55.6 Å². The van der Waals surface area contributed by atoms with Gasteiger partial charge in [-0.3, -0.25) is 0 Å². The summed E-state index contributed by atoms with van der Waals surface area (Å²) < 4.78 is 22.7. The van der Waals surface area contributed by atoms with Crippen molar-refractivity contribution in [2.24, 2.45) is 0 Å². The van der Waals surface area contributed by atoms with Gasteiger partial charge in [-0.2, -0.15) is 0 Å². The predicted octanol–water partition coefficient (Wildman–Crippen LogP) is 3.29. The molecule has 0 bridgehead atoms.